The highest BCUT2D eigenvalue weighted by Crippen LogP contribution is 2.31. The van der Waals surface area contributed by atoms with Gasteiger partial charge in [-0.25, -0.2) is 9.37 Å². The fourth-order valence-electron chi connectivity index (χ4n) is 1.86. The summed E-state index contributed by atoms with van der Waals surface area (Å²) in [5.74, 6) is 0.120. The lowest BCUT2D eigenvalue weighted by atomic mass is 10.2. The number of aromatic nitrogens is 1. The first kappa shape index (κ1) is 15.9. The number of benzene rings is 1. The number of nitrogens with zero attached hydrogens (tertiary/aromatic N) is 1. The molecule has 3 nitrogen and oxygen atoms in total. The summed E-state index contributed by atoms with van der Waals surface area (Å²) in [6.45, 7) is 5.36. The molecule has 21 heavy (non-hydrogen) atoms. The van der Waals surface area contributed by atoms with Gasteiger partial charge >= 0.3 is 0 Å². The van der Waals surface area contributed by atoms with E-state index in [0.29, 0.717) is 17.9 Å². The molecule has 0 aliphatic heterocycles. The van der Waals surface area contributed by atoms with Gasteiger partial charge in [-0.1, -0.05) is 13.0 Å². The van der Waals surface area contributed by atoms with Crippen LogP contribution in [0.2, 0.25) is 0 Å². The summed E-state index contributed by atoms with van der Waals surface area (Å²) in [5.41, 5.74) is 1.65. The van der Waals surface area contributed by atoms with Crippen LogP contribution in [-0.2, 0) is 6.54 Å². The van der Waals surface area contributed by atoms with E-state index in [9.17, 15) is 4.39 Å². The third-order valence-electron chi connectivity index (χ3n) is 2.97. The molecule has 0 spiro atoms. The summed E-state index contributed by atoms with van der Waals surface area (Å²) in [5, 5.41) is 3.17. The zero-order valence-corrected chi connectivity index (χ0v) is 13.7. The van der Waals surface area contributed by atoms with Gasteiger partial charge in [0, 0.05) is 18.3 Å². The topological polar surface area (TPSA) is 34.2 Å². The Morgan fingerprint density at radius 1 is 1.33 bits per heavy atom. The number of aryl methyl sites for hydroxylation is 1. The smallest absolute Gasteiger partial charge is 0.256 e. The number of nitrogens with one attached hydrogen (secondary N) is 1. The molecule has 0 saturated heterocycles. The summed E-state index contributed by atoms with van der Waals surface area (Å²) in [4.78, 5) is 3.98. The van der Waals surface area contributed by atoms with Gasteiger partial charge in [0.05, 0.1) is 4.47 Å². The van der Waals surface area contributed by atoms with E-state index in [2.05, 4.69) is 33.2 Å². The van der Waals surface area contributed by atoms with Gasteiger partial charge in [0.1, 0.15) is 5.75 Å². The Hall–Kier alpha value is -1.46. The van der Waals surface area contributed by atoms with Crippen LogP contribution in [0.1, 0.15) is 24.5 Å². The van der Waals surface area contributed by atoms with Gasteiger partial charge < -0.3 is 10.1 Å². The van der Waals surface area contributed by atoms with Crippen molar-refractivity contribution >= 4 is 15.9 Å². The lowest BCUT2D eigenvalue weighted by molar-refractivity contribution is 0.415. The number of pyridine rings is 1. The zero-order valence-electron chi connectivity index (χ0n) is 12.1. The van der Waals surface area contributed by atoms with Gasteiger partial charge in [0.25, 0.3) is 5.88 Å². The Labute approximate surface area is 132 Å². The van der Waals surface area contributed by atoms with Gasteiger partial charge in [0.2, 0.25) is 0 Å². The van der Waals surface area contributed by atoms with Crippen molar-refractivity contribution in [2.75, 3.05) is 6.54 Å². The molecule has 0 fully saturated rings. The molecule has 0 bridgehead atoms. The molecule has 5 heteroatoms. The molecule has 0 radical (unpaired) electrons. The van der Waals surface area contributed by atoms with Crippen molar-refractivity contribution in [1.82, 2.24) is 10.3 Å². The maximum atomic E-state index is 14.4. The summed E-state index contributed by atoms with van der Waals surface area (Å²) < 4.78 is 20.7. The average molecular weight is 353 g/mol. The van der Waals surface area contributed by atoms with Gasteiger partial charge in [0.15, 0.2) is 5.82 Å². The molecule has 2 aromatic rings. The Morgan fingerprint density at radius 3 is 2.86 bits per heavy atom. The van der Waals surface area contributed by atoms with E-state index in [-0.39, 0.29) is 5.88 Å². The van der Waals surface area contributed by atoms with E-state index >= 15 is 0 Å². The lowest BCUT2D eigenvalue weighted by Gasteiger charge is -2.11. The predicted molar refractivity (Wildman–Crippen MR) is 85.1 cm³/mol. The highest BCUT2D eigenvalue weighted by atomic mass is 79.9. The van der Waals surface area contributed by atoms with Crippen LogP contribution < -0.4 is 10.1 Å². The van der Waals surface area contributed by atoms with E-state index in [0.717, 1.165) is 23.0 Å². The summed E-state index contributed by atoms with van der Waals surface area (Å²) in [7, 11) is 0. The second kappa shape index (κ2) is 7.52. The molecular weight excluding hydrogens is 335 g/mol. The summed E-state index contributed by atoms with van der Waals surface area (Å²) >= 11 is 3.41. The lowest BCUT2D eigenvalue weighted by Crippen LogP contribution is -2.15. The first-order chi connectivity index (χ1) is 10.1. The van der Waals surface area contributed by atoms with Crippen LogP contribution in [-0.4, -0.2) is 11.5 Å². The number of ether oxygens (including phenoxy) is 1. The Bertz CT molecular complexity index is 619. The molecule has 0 amide bonds. The van der Waals surface area contributed by atoms with Crippen molar-refractivity contribution in [1.29, 1.82) is 0 Å². The zero-order chi connectivity index (χ0) is 15.2. The van der Waals surface area contributed by atoms with Crippen molar-refractivity contribution in [3.63, 3.8) is 0 Å². The first-order valence-electron chi connectivity index (χ1n) is 6.90. The number of halogens is 2. The van der Waals surface area contributed by atoms with Crippen molar-refractivity contribution in [2.45, 2.75) is 26.8 Å². The van der Waals surface area contributed by atoms with Crippen LogP contribution in [0.15, 0.2) is 34.9 Å². The molecular formula is C16H18BrFN2O. The molecule has 1 heterocycles. The fraction of sp³-hybridized carbons (Fsp3) is 0.312. The quantitative estimate of drug-likeness (QED) is 0.772. The largest absolute Gasteiger partial charge is 0.435 e. The molecule has 0 unspecified atom stereocenters. The molecule has 112 valence electrons. The van der Waals surface area contributed by atoms with E-state index in [1.807, 2.05) is 19.1 Å². The molecule has 1 N–H and O–H groups in total. The number of rotatable bonds is 6. The Kier molecular flexibility index (Phi) is 5.70. The van der Waals surface area contributed by atoms with E-state index < -0.39 is 5.82 Å². The maximum absolute atomic E-state index is 14.4. The third kappa shape index (κ3) is 4.25. The molecule has 0 atom stereocenters. The van der Waals surface area contributed by atoms with E-state index in [4.69, 9.17) is 4.74 Å². The van der Waals surface area contributed by atoms with E-state index in [1.165, 1.54) is 0 Å². The SMILES string of the molecule is CCCNCc1ccnc(Oc2ccc(C)cc2Br)c1F. The van der Waals surface area contributed by atoms with Crippen molar-refractivity contribution in [3.05, 3.63) is 51.9 Å². The highest BCUT2D eigenvalue weighted by Gasteiger charge is 2.13. The molecule has 1 aromatic carbocycles. The van der Waals surface area contributed by atoms with E-state index in [1.54, 1.807) is 18.3 Å². The molecule has 0 aliphatic carbocycles. The van der Waals surface area contributed by atoms with Crippen LogP contribution in [0.25, 0.3) is 0 Å². The minimum atomic E-state index is -0.423. The monoisotopic (exact) mass is 352 g/mol. The first-order valence-corrected chi connectivity index (χ1v) is 7.69. The predicted octanol–water partition coefficient (Wildman–Crippen LogP) is 4.58. The second-order valence-corrected chi connectivity index (χ2v) is 5.66. The van der Waals surface area contributed by atoms with Gasteiger partial charge in [-0.3, -0.25) is 0 Å². The minimum Gasteiger partial charge on any atom is -0.435 e. The normalized spacial score (nSPS) is 10.7. The minimum absolute atomic E-state index is 0.00430. The number of hydrogen-bond acceptors (Lipinski definition) is 3. The molecule has 1 aromatic heterocycles. The summed E-state index contributed by atoms with van der Waals surface area (Å²) in [6, 6.07) is 7.28. The molecule has 0 saturated carbocycles. The van der Waals surface area contributed by atoms with Crippen molar-refractivity contribution in [3.8, 4) is 11.6 Å². The van der Waals surface area contributed by atoms with Crippen LogP contribution >= 0.6 is 15.9 Å². The summed E-state index contributed by atoms with van der Waals surface area (Å²) in [6.07, 6.45) is 2.57. The average Bonchev–Trinajstić information content (AvgIpc) is 2.46. The Balaban J connectivity index is 2.18. The van der Waals surface area contributed by atoms with Crippen LogP contribution in [0.4, 0.5) is 4.39 Å². The van der Waals surface area contributed by atoms with Gasteiger partial charge in [-0.15, -0.1) is 0 Å². The van der Waals surface area contributed by atoms with Crippen molar-refractivity contribution < 1.29 is 9.13 Å². The molecule has 2 rings (SSSR count). The fourth-order valence-corrected chi connectivity index (χ4v) is 2.44. The third-order valence-corrected chi connectivity index (χ3v) is 3.59. The van der Waals surface area contributed by atoms with Crippen molar-refractivity contribution in [2.24, 2.45) is 0 Å². The van der Waals surface area contributed by atoms with Crippen LogP contribution in [0.5, 0.6) is 11.6 Å². The Morgan fingerprint density at radius 2 is 2.14 bits per heavy atom. The standard InChI is InChI=1S/C16H18BrFN2O/c1-3-7-19-10-12-6-8-20-16(15(12)18)21-14-5-4-11(2)9-13(14)17/h4-6,8-9,19H,3,7,10H2,1-2H3. The molecule has 0 aliphatic rings. The number of hydrogen-bond donors (Lipinski definition) is 1. The van der Waals surface area contributed by atoms with Crippen LogP contribution in [0, 0.1) is 12.7 Å². The second-order valence-electron chi connectivity index (χ2n) is 4.80. The van der Waals surface area contributed by atoms with Crippen LogP contribution in [0.3, 0.4) is 0 Å². The van der Waals surface area contributed by atoms with Gasteiger partial charge in [-0.05, 0) is 59.6 Å². The maximum Gasteiger partial charge on any atom is 0.256 e. The highest BCUT2D eigenvalue weighted by molar-refractivity contribution is 9.10. The van der Waals surface area contributed by atoms with Gasteiger partial charge in [-0.2, -0.15) is 0 Å².